The van der Waals surface area contributed by atoms with Crippen molar-refractivity contribution in [1.29, 1.82) is 0 Å². The molecule has 2 fully saturated rings. The number of nitrogens with two attached hydrogens (primary N) is 2. The maximum atomic E-state index is 14.4. The number of nitrogens with zero attached hydrogens (tertiary/aromatic N) is 4. The molecule has 8 atom stereocenters. The Labute approximate surface area is 232 Å². The van der Waals surface area contributed by atoms with Crippen molar-refractivity contribution in [2.45, 2.75) is 90.6 Å². The zero-order valence-corrected chi connectivity index (χ0v) is 21.4. The van der Waals surface area contributed by atoms with E-state index in [0.717, 1.165) is 9.13 Å². The molecule has 12 nitrogen and oxygen atoms in total. The van der Waals surface area contributed by atoms with Crippen LogP contribution >= 0.6 is 0 Å². The number of ether oxygens (including phenoxy) is 2. The summed E-state index contributed by atoms with van der Waals surface area (Å²) < 4.78 is 41.7. The number of hydrogen-bond acceptors (Lipinski definition) is 10. The highest BCUT2D eigenvalue weighted by Gasteiger charge is 2.55. The number of nitrogen functional groups attached to an aromatic ring is 2. The summed E-state index contributed by atoms with van der Waals surface area (Å²) in [5.41, 5.74) is 7.20. The van der Waals surface area contributed by atoms with Crippen molar-refractivity contribution in [2.24, 2.45) is 5.92 Å². The summed E-state index contributed by atoms with van der Waals surface area (Å²) >= 11 is 0. The van der Waals surface area contributed by atoms with Crippen LogP contribution in [0.2, 0.25) is 0 Å². The van der Waals surface area contributed by atoms with Gasteiger partial charge in [-0.05, 0) is 25.0 Å². The maximum Gasteiger partial charge on any atom is 0.351 e. The Kier molecular flexibility index (Phi) is 11.7. The molecule has 2 saturated heterocycles. The normalized spacial score (nSPS) is 32.8. The fourth-order valence-electron chi connectivity index (χ4n) is 4.71. The molecule has 226 valence electrons. The van der Waals surface area contributed by atoms with E-state index in [0.29, 0.717) is 6.42 Å². The van der Waals surface area contributed by atoms with Crippen LogP contribution in [0.15, 0.2) is 46.8 Å². The minimum Gasteiger partial charge on any atom is -0.393 e. The first-order valence-electron chi connectivity index (χ1n) is 12.2. The van der Waals surface area contributed by atoms with Gasteiger partial charge in [0, 0.05) is 18.3 Å². The number of hydrogen-bond donors (Lipinski definition) is 4. The minimum absolute atomic E-state index is 0. The smallest absolute Gasteiger partial charge is 0.351 e. The molecule has 0 bridgehead atoms. The predicted molar refractivity (Wildman–Crippen MR) is 148 cm³/mol. The molecule has 14 heteroatoms. The van der Waals surface area contributed by atoms with Gasteiger partial charge in [-0.25, -0.2) is 18.4 Å². The highest BCUT2D eigenvalue weighted by molar-refractivity contribution is 5.24. The molecule has 0 radical (unpaired) electrons. The number of aromatic nitrogens is 4. The number of alkyl halides is 2. The minimum atomic E-state index is -1.84. The Morgan fingerprint density at radius 3 is 1.80 bits per heavy atom. The Morgan fingerprint density at radius 2 is 1.48 bits per heavy atom. The molecule has 0 spiro atoms. The summed E-state index contributed by atoms with van der Waals surface area (Å²) in [5, 5.41) is 19.2. The van der Waals surface area contributed by atoms with E-state index in [4.69, 9.17) is 20.9 Å². The van der Waals surface area contributed by atoms with Gasteiger partial charge in [-0.3, -0.25) is 9.13 Å². The van der Waals surface area contributed by atoms with Crippen LogP contribution in [0.4, 0.5) is 20.4 Å². The highest BCUT2D eigenvalue weighted by atomic mass is 19.1. The Morgan fingerprint density at radius 1 is 1.00 bits per heavy atom. The van der Waals surface area contributed by atoms with Gasteiger partial charge in [0.1, 0.15) is 23.3 Å². The SMILES string of the molecule is C.C.C=C[C@]1(CC)O[C@@H](n2ccc(N)nc2=O)[C@H](F)[C@@H]1C.CC[C@]1(CO)O[C@@H](n2ccc(N)nc2=O)[C@H](F)[C@@H]1O. The summed E-state index contributed by atoms with van der Waals surface area (Å²) in [6, 6.07) is 2.77. The molecule has 2 aliphatic rings. The average molecular weight is 573 g/mol. The lowest BCUT2D eigenvalue weighted by Gasteiger charge is -2.28. The lowest BCUT2D eigenvalue weighted by Crippen LogP contribution is -2.44. The lowest BCUT2D eigenvalue weighted by atomic mass is 9.85. The topological polar surface area (TPSA) is 181 Å². The molecule has 0 amide bonds. The third kappa shape index (κ3) is 6.09. The van der Waals surface area contributed by atoms with Gasteiger partial charge < -0.3 is 31.2 Å². The van der Waals surface area contributed by atoms with Crippen molar-refractivity contribution in [3.8, 4) is 0 Å². The van der Waals surface area contributed by atoms with E-state index in [2.05, 4.69) is 16.5 Å². The molecule has 40 heavy (non-hydrogen) atoms. The largest absolute Gasteiger partial charge is 0.393 e. The van der Waals surface area contributed by atoms with E-state index in [1.54, 1.807) is 19.9 Å². The molecule has 2 aromatic rings. The van der Waals surface area contributed by atoms with Gasteiger partial charge in [-0.1, -0.05) is 41.7 Å². The lowest BCUT2D eigenvalue weighted by molar-refractivity contribution is -0.130. The molecule has 0 saturated carbocycles. The Hall–Kier alpha value is -3.20. The maximum absolute atomic E-state index is 14.4. The van der Waals surface area contributed by atoms with Crippen LogP contribution in [0.3, 0.4) is 0 Å². The fourth-order valence-corrected chi connectivity index (χ4v) is 4.71. The van der Waals surface area contributed by atoms with Crippen LogP contribution in [-0.2, 0) is 9.47 Å². The molecule has 0 unspecified atom stereocenters. The van der Waals surface area contributed by atoms with E-state index < -0.39 is 60.1 Å². The van der Waals surface area contributed by atoms with Crippen LogP contribution in [0.25, 0.3) is 0 Å². The third-order valence-electron chi connectivity index (χ3n) is 7.35. The van der Waals surface area contributed by atoms with E-state index in [1.807, 2.05) is 6.92 Å². The van der Waals surface area contributed by atoms with Gasteiger partial charge in [0.15, 0.2) is 24.8 Å². The average Bonchev–Trinajstić information content (AvgIpc) is 3.30. The van der Waals surface area contributed by atoms with E-state index in [9.17, 15) is 28.6 Å². The number of anilines is 2. The molecule has 0 aliphatic carbocycles. The number of aliphatic hydroxyl groups is 2. The van der Waals surface area contributed by atoms with Gasteiger partial charge in [-0.2, -0.15) is 9.97 Å². The van der Waals surface area contributed by atoms with Crippen molar-refractivity contribution >= 4 is 11.6 Å². The molecule has 4 rings (SSSR count). The van der Waals surface area contributed by atoms with Crippen molar-refractivity contribution in [2.75, 3.05) is 18.1 Å². The summed E-state index contributed by atoms with van der Waals surface area (Å²) in [4.78, 5) is 30.5. The molecule has 2 aliphatic heterocycles. The van der Waals surface area contributed by atoms with Gasteiger partial charge in [0.2, 0.25) is 0 Å². The van der Waals surface area contributed by atoms with Crippen LogP contribution in [0.5, 0.6) is 0 Å². The Bertz CT molecular complexity index is 1250. The van der Waals surface area contributed by atoms with E-state index in [1.165, 1.54) is 24.5 Å². The second-order valence-corrected chi connectivity index (χ2v) is 9.31. The van der Waals surface area contributed by atoms with Crippen LogP contribution in [0.1, 0.15) is 60.9 Å². The van der Waals surface area contributed by atoms with Crippen molar-refractivity contribution in [3.63, 3.8) is 0 Å². The van der Waals surface area contributed by atoms with E-state index in [-0.39, 0.29) is 38.8 Å². The summed E-state index contributed by atoms with van der Waals surface area (Å²) in [6.07, 6.45) is -1.92. The number of halogens is 2. The van der Waals surface area contributed by atoms with Crippen molar-refractivity contribution in [1.82, 2.24) is 19.1 Å². The number of aliphatic hydroxyl groups excluding tert-OH is 2. The molecule has 0 aromatic carbocycles. The zero-order valence-electron chi connectivity index (χ0n) is 21.4. The first-order chi connectivity index (χ1) is 17.9. The van der Waals surface area contributed by atoms with Crippen LogP contribution in [0, 0.1) is 5.92 Å². The fraction of sp³-hybridized carbons (Fsp3) is 0.615. The first kappa shape index (κ1) is 34.8. The van der Waals surface area contributed by atoms with Crippen molar-refractivity contribution in [3.05, 3.63) is 58.1 Å². The van der Waals surface area contributed by atoms with Gasteiger partial charge in [0.25, 0.3) is 0 Å². The van der Waals surface area contributed by atoms with Gasteiger partial charge >= 0.3 is 11.4 Å². The second kappa shape index (κ2) is 13.4. The molecule has 2 aromatic heterocycles. The molecule has 6 N–H and O–H groups in total. The Balaban J connectivity index is 0.000000381. The van der Waals surface area contributed by atoms with Crippen molar-refractivity contribution < 1.29 is 28.5 Å². The van der Waals surface area contributed by atoms with E-state index >= 15 is 0 Å². The second-order valence-electron chi connectivity index (χ2n) is 9.31. The third-order valence-corrected chi connectivity index (χ3v) is 7.35. The summed E-state index contributed by atoms with van der Waals surface area (Å²) in [6.45, 7) is 8.48. The molecular formula is C26H42F2N6O6. The van der Waals surface area contributed by atoms with Crippen LogP contribution < -0.4 is 22.8 Å². The standard InChI is InChI=1S/C13H18FN3O2.C11H16FN3O4.2CH4/c1-4-13(5-2)8(3)10(14)11(19-13)17-7-6-9(15)16-12(17)18;1-2-11(5-16)8(17)7(12)9(19-11)15-4-3-6(13)14-10(15)18;;/h4,6-8,10-11H,1,5H2,2-3H3,(H2,15,16,18);3-4,7-9,16-17H,2,5H2,1H3,(H2,13,14,18);2*1H4/t8-,10+,11+,13+;7-,8+,9-,11-;;/m01../s1. The highest BCUT2D eigenvalue weighted by Crippen LogP contribution is 2.45. The number of rotatable bonds is 6. The molecule has 4 heterocycles. The quantitative estimate of drug-likeness (QED) is 0.374. The van der Waals surface area contributed by atoms with Gasteiger partial charge in [-0.15, -0.1) is 6.58 Å². The predicted octanol–water partition coefficient (Wildman–Crippen LogP) is 2.13. The monoisotopic (exact) mass is 572 g/mol. The summed E-state index contributed by atoms with van der Waals surface area (Å²) in [5.74, 6) is -0.267. The van der Waals surface area contributed by atoms with Gasteiger partial charge in [0.05, 0.1) is 12.2 Å². The van der Waals surface area contributed by atoms with Crippen LogP contribution in [-0.4, -0.2) is 65.6 Å². The first-order valence-corrected chi connectivity index (χ1v) is 12.2. The molecular weight excluding hydrogens is 530 g/mol. The summed E-state index contributed by atoms with van der Waals surface area (Å²) in [7, 11) is 0. The zero-order chi connectivity index (χ0) is 28.4.